The number of aromatic nitrogens is 3. The first-order chi connectivity index (χ1) is 11.0. The number of nitrogens with zero attached hydrogens (tertiary/aromatic N) is 3. The zero-order valence-corrected chi connectivity index (χ0v) is 12.9. The lowest BCUT2D eigenvalue weighted by Crippen LogP contribution is -2.25. The fraction of sp³-hybridized carbons (Fsp3) is 0.222. The summed E-state index contributed by atoms with van der Waals surface area (Å²) >= 11 is 0. The second-order valence-electron chi connectivity index (χ2n) is 5.66. The largest absolute Gasteiger partial charge is 0.309 e. The van der Waals surface area contributed by atoms with E-state index in [1.807, 2.05) is 36.4 Å². The summed E-state index contributed by atoms with van der Waals surface area (Å²) in [6.07, 6.45) is 0. The second-order valence-corrected chi connectivity index (χ2v) is 5.66. The topological polar surface area (TPSA) is 30.7 Å². The summed E-state index contributed by atoms with van der Waals surface area (Å²) in [7, 11) is 0. The van der Waals surface area contributed by atoms with E-state index in [9.17, 15) is 8.78 Å². The van der Waals surface area contributed by atoms with Crippen LogP contribution in [-0.2, 0) is 5.92 Å². The molecule has 1 heterocycles. The van der Waals surface area contributed by atoms with Crippen molar-refractivity contribution in [1.29, 1.82) is 0 Å². The van der Waals surface area contributed by atoms with E-state index in [0.717, 1.165) is 5.56 Å². The Labute approximate surface area is 133 Å². The Bertz CT molecular complexity index is 781. The third kappa shape index (κ3) is 2.74. The van der Waals surface area contributed by atoms with E-state index in [0.29, 0.717) is 11.5 Å². The van der Waals surface area contributed by atoms with Gasteiger partial charge in [-0.05, 0) is 12.1 Å². The maximum atomic E-state index is 14.6. The highest BCUT2D eigenvalue weighted by atomic mass is 19.3. The molecule has 0 aliphatic rings. The van der Waals surface area contributed by atoms with Gasteiger partial charge in [0.2, 0.25) is 5.82 Å². The van der Waals surface area contributed by atoms with Crippen molar-refractivity contribution < 1.29 is 8.78 Å². The molecule has 5 heteroatoms. The van der Waals surface area contributed by atoms with Crippen LogP contribution in [0.25, 0.3) is 17.1 Å². The van der Waals surface area contributed by atoms with Gasteiger partial charge in [0, 0.05) is 17.2 Å². The van der Waals surface area contributed by atoms with Crippen molar-refractivity contribution >= 4 is 0 Å². The van der Waals surface area contributed by atoms with Crippen molar-refractivity contribution in [3.63, 3.8) is 0 Å². The lowest BCUT2D eigenvalue weighted by Gasteiger charge is -2.21. The Balaban J connectivity index is 2.26. The molecule has 0 fully saturated rings. The predicted octanol–water partition coefficient (Wildman–Crippen LogP) is 4.68. The van der Waals surface area contributed by atoms with Crippen molar-refractivity contribution in [3.8, 4) is 17.1 Å². The second kappa shape index (κ2) is 5.91. The SMILES string of the molecule is CC(C)C(F)(F)c1nnc(-c2ccccc2)n1-c1ccccc1. The van der Waals surface area contributed by atoms with Gasteiger partial charge >= 0.3 is 5.92 Å². The minimum Gasteiger partial charge on any atom is -0.274 e. The first-order valence-electron chi connectivity index (χ1n) is 7.46. The lowest BCUT2D eigenvalue weighted by molar-refractivity contribution is -0.0612. The molecule has 23 heavy (non-hydrogen) atoms. The molecule has 3 nitrogen and oxygen atoms in total. The Morgan fingerprint density at radius 3 is 2.00 bits per heavy atom. The number of halogens is 2. The van der Waals surface area contributed by atoms with Gasteiger partial charge < -0.3 is 0 Å². The summed E-state index contributed by atoms with van der Waals surface area (Å²) < 4.78 is 30.7. The molecule has 1 aromatic heterocycles. The summed E-state index contributed by atoms with van der Waals surface area (Å²) in [4.78, 5) is 0. The van der Waals surface area contributed by atoms with Gasteiger partial charge in [0.1, 0.15) is 0 Å². The molecule has 0 saturated carbocycles. The average Bonchev–Trinajstić information content (AvgIpc) is 3.02. The summed E-state index contributed by atoms with van der Waals surface area (Å²) in [5.74, 6) is -3.88. The quantitative estimate of drug-likeness (QED) is 0.700. The zero-order chi connectivity index (χ0) is 16.4. The smallest absolute Gasteiger partial charge is 0.274 e. The molecule has 3 rings (SSSR count). The van der Waals surface area contributed by atoms with Crippen LogP contribution in [0.4, 0.5) is 8.78 Å². The number of rotatable bonds is 4. The molecule has 0 aliphatic carbocycles. The van der Waals surface area contributed by atoms with Crippen molar-refractivity contribution in [2.24, 2.45) is 5.92 Å². The number of benzene rings is 2. The Morgan fingerprint density at radius 2 is 1.43 bits per heavy atom. The van der Waals surface area contributed by atoms with Crippen LogP contribution in [0.2, 0.25) is 0 Å². The minimum absolute atomic E-state index is 0.336. The molecule has 118 valence electrons. The average molecular weight is 313 g/mol. The van der Waals surface area contributed by atoms with Gasteiger partial charge in [-0.3, -0.25) is 4.57 Å². The van der Waals surface area contributed by atoms with Crippen LogP contribution < -0.4 is 0 Å². The van der Waals surface area contributed by atoms with Crippen LogP contribution in [0, 0.1) is 5.92 Å². The Kier molecular flexibility index (Phi) is 3.94. The molecular formula is C18H17F2N3. The maximum absolute atomic E-state index is 14.6. The number of para-hydroxylation sites is 1. The van der Waals surface area contributed by atoms with E-state index >= 15 is 0 Å². The lowest BCUT2D eigenvalue weighted by atomic mass is 10.1. The molecule has 0 spiro atoms. The molecule has 0 saturated heterocycles. The van der Waals surface area contributed by atoms with E-state index in [1.54, 1.807) is 24.3 Å². The zero-order valence-electron chi connectivity index (χ0n) is 12.9. The highest BCUT2D eigenvalue weighted by molar-refractivity contribution is 5.58. The van der Waals surface area contributed by atoms with Crippen LogP contribution in [0.1, 0.15) is 19.7 Å². The van der Waals surface area contributed by atoms with Crippen molar-refractivity contribution in [1.82, 2.24) is 14.8 Å². The first-order valence-corrected chi connectivity index (χ1v) is 7.46. The van der Waals surface area contributed by atoms with Gasteiger partial charge in [-0.2, -0.15) is 8.78 Å². The van der Waals surface area contributed by atoms with Gasteiger partial charge in [-0.15, -0.1) is 10.2 Å². The minimum atomic E-state index is -3.07. The normalized spacial score (nSPS) is 11.9. The molecule has 0 atom stereocenters. The first kappa shape index (κ1) is 15.3. The summed E-state index contributed by atoms with van der Waals surface area (Å²) in [6.45, 7) is 2.96. The maximum Gasteiger partial charge on any atom is 0.309 e. The number of hydrogen-bond donors (Lipinski definition) is 0. The highest BCUT2D eigenvalue weighted by Crippen LogP contribution is 2.37. The van der Waals surface area contributed by atoms with Gasteiger partial charge in [-0.25, -0.2) is 0 Å². The van der Waals surface area contributed by atoms with E-state index in [4.69, 9.17) is 0 Å². The molecule has 0 radical (unpaired) electrons. The standard InChI is InChI=1S/C18H17F2N3/c1-13(2)18(19,20)17-22-21-16(14-9-5-3-6-10-14)23(17)15-11-7-4-8-12-15/h3-13H,1-2H3. The number of hydrogen-bond acceptors (Lipinski definition) is 2. The van der Waals surface area contributed by atoms with Crippen LogP contribution in [-0.4, -0.2) is 14.8 Å². The fourth-order valence-corrected chi connectivity index (χ4v) is 2.35. The van der Waals surface area contributed by atoms with Crippen LogP contribution in [0.15, 0.2) is 60.7 Å². The van der Waals surface area contributed by atoms with Crippen LogP contribution in [0.5, 0.6) is 0 Å². The number of alkyl halides is 2. The summed E-state index contributed by atoms with van der Waals surface area (Å²) in [5, 5.41) is 7.87. The molecule has 0 aliphatic heterocycles. The van der Waals surface area contributed by atoms with Crippen LogP contribution >= 0.6 is 0 Å². The summed E-state index contributed by atoms with van der Waals surface area (Å²) in [6, 6.07) is 18.2. The molecule has 0 amide bonds. The van der Waals surface area contributed by atoms with Gasteiger partial charge in [0.15, 0.2) is 5.82 Å². The summed E-state index contributed by atoms with van der Waals surface area (Å²) in [5.41, 5.74) is 1.36. The molecule has 0 N–H and O–H groups in total. The molecule has 0 unspecified atom stereocenters. The van der Waals surface area contributed by atoms with Crippen molar-refractivity contribution in [3.05, 3.63) is 66.5 Å². The van der Waals surface area contributed by atoms with E-state index in [1.165, 1.54) is 18.4 Å². The third-order valence-electron chi connectivity index (χ3n) is 3.73. The fourth-order valence-electron chi connectivity index (χ4n) is 2.35. The van der Waals surface area contributed by atoms with Crippen molar-refractivity contribution in [2.45, 2.75) is 19.8 Å². The molecular weight excluding hydrogens is 296 g/mol. The monoisotopic (exact) mass is 313 g/mol. The van der Waals surface area contributed by atoms with Gasteiger partial charge in [0.25, 0.3) is 0 Å². The highest BCUT2D eigenvalue weighted by Gasteiger charge is 2.42. The van der Waals surface area contributed by atoms with Crippen molar-refractivity contribution in [2.75, 3.05) is 0 Å². The molecule has 2 aromatic carbocycles. The Morgan fingerprint density at radius 1 is 0.870 bits per heavy atom. The van der Waals surface area contributed by atoms with E-state index in [-0.39, 0.29) is 5.82 Å². The van der Waals surface area contributed by atoms with Crippen LogP contribution in [0.3, 0.4) is 0 Å². The van der Waals surface area contributed by atoms with Gasteiger partial charge in [0.05, 0.1) is 0 Å². The Hall–Kier alpha value is -2.56. The van der Waals surface area contributed by atoms with E-state index < -0.39 is 11.8 Å². The molecule has 3 aromatic rings. The van der Waals surface area contributed by atoms with E-state index in [2.05, 4.69) is 10.2 Å². The predicted molar refractivity (Wildman–Crippen MR) is 85.5 cm³/mol. The van der Waals surface area contributed by atoms with Gasteiger partial charge in [-0.1, -0.05) is 62.4 Å². The third-order valence-corrected chi connectivity index (χ3v) is 3.73. The molecule has 0 bridgehead atoms.